The summed E-state index contributed by atoms with van der Waals surface area (Å²) in [5.74, 6) is 1.08. The summed E-state index contributed by atoms with van der Waals surface area (Å²) in [5.41, 5.74) is 7.31. The molecule has 2 aromatic carbocycles. The molecule has 152 valence electrons. The molecule has 2 heterocycles. The van der Waals surface area contributed by atoms with Crippen molar-refractivity contribution in [2.24, 2.45) is 0 Å². The maximum atomic E-state index is 12.9. The molecule has 0 aliphatic heterocycles. The second-order valence-corrected chi connectivity index (χ2v) is 8.38. The number of aromatic amines is 1. The van der Waals surface area contributed by atoms with E-state index in [1.165, 1.54) is 22.9 Å². The number of ketones is 1. The first-order valence-corrected chi connectivity index (χ1v) is 10.8. The Balaban J connectivity index is 1.51. The van der Waals surface area contributed by atoms with Crippen molar-refractivity contribution in [3.8, 4) is 17.1 Å². The number of Topliss-reactive ketones (excluding diaryl/α,β-unsaturated/α-hetero) is 1. The third-order valence-electron chi connectivity index (χ3n) is 5.32. The van der Waals surface area contributed by atoms with Crippen LogP contribution in [0.3, 0.4) is 0 Å². The molecule has 30 heavy (non-hydrogen) atoms. The number of nitrogens with zero attached hydrogens (tertiary/aromatic N) is 3. The number of H-pyrrole nitrogens is 1. The summed E-state index contributed by atoms with van der Waals surface area (Å²) in [4.78, 5) is 17.4. The van der Waals surface area contributed by atoms with Crippen LogP contribution in [-0.2, 0) is 0 Å². The predicted octanol–water partition coefficient (Wildman–Crippen LogP) is 5.47. The van der Waals surface area contributed by atoms with Gasteiger partial charge in [0.1, 0.15) is 0 Å². The number of aromatic nitrogens is 4. The first kappa shape index (κ1) is 20.2. The Labute approximate surface area is 180 Å². The first-order chi connectivity index (χ1) is 14.4. The molecule has 1 N–H and O–H groups in total. The molecule has 0 radical (unpaired) electrons. The van der Waals surface area contributed by atoms with Crippen molar-refractivity contribution in [1.82, 2.24) is 19.7 Å². The molecule has 0 fully saturated rings. The fourth-order valence-electron chi connectivity index (χ4n) is 3.55. The van der Waals surface area contributed by atoms with Gasteiger partial charge in [-0.15, -0.1) is 5.10 Å². The van der Waals surface area contributed by atoms with Crippen LogP contribution in [0, 0.1) is 27.7 Å². The van der Waals surface area contributed by atoms with Crippen LogP contribution < -0.4 is 0 Å². The van der Waals surface area contributed by atoms with Gasteiger partial charge in [0, 0.05) is 28.2 Å². The normalized spacial score (nSPS) is 11.1. The van der Waals surface area contributed by atoms with E-state index in [2.05, 4.69) is 51.8 Å². The van der Waals surface area contributed by atoms with Crippen LogP contribution in [0.2, 0.25) is 0 Å². The van der Waals surface area contributed by atoms with E-state index in [0.29, 0.717) is 16.7 Å². The second kappa shape index (κ2) is 8.32. The minimum atomic E-state index is 0.0780. The van der Waals surface area contributed by atoms with Crippen LogP contribution in [0.5, 0.6) is 0 Å². The van der Waals surface area contributed by atoms with Gasteiger partial charge in [0.05, 0.1) is 5.75 Å². The molecule has 0 amide bonds. The first-order valence-electron chi connectivity index (χ1n) is 9.84. The molecule has 0 atom stereocenters. The van der Waals surface area contributed by atoms with Crippen molar-refractivity contribution in [2.45, 2.75) is 32.9 Å². The van der Waals surface area contributed by atoms with Gasteiger partial charge < -0.3 is 4.57 Å². The van der Waals surface area contributed by atoms with Crippen molar-refractivity contribution < 1.29 is 4.79 Å². The van der Waals surface area contributed by atoms with Gasteiger partial charge in [-0.1, -0.05) is 48.2 Å². The van der Waals surface area contributed by atoms with Gasteiger partial charge in [0.15, 0.2) is 11.6 Å². The number of carbonyl (C=O) groups is 1. The number of aryl methyl sites for hydroxylation is 3. The van der Waals surface area contributed by atoms with Gasteiger partial charge in [-0.3, -0.25) is 9.89 Å². The molecule has 0 bridgehead atoms. The van der Waals surface area contributed by atoms with Gasteiger partial charge in [0.2, 0.25) is 5.16 Å². The fraction of sp³-hybridized carbons (Fsp3) is 0.208. The summed E-state index contributed by atoms with van der Waals surface area (Å²) in [6.45, 7) is 8.25. The number of hydrogen-bond acceptors (Lipinski definition) is 4. The Morgan fingerprint density at radius 2 is 1.77 bits per heavy atom. The largest absolute Gasteiger partial charge is 0.318 e. The molecule has 0 aliphatic carbocycles. The Morgan fingerprint density at radius 1 is 1.00 bits per heavy atom. The predicted molar refractivity (Wildman–Crippen MR) is 122 cm³/mol. The highest BCUT2D eigenvalue weighted by atomic mass is 32.2. The zero-order valence-corrected chi connectivity index (χ0v) is 18.4. The van der Waals surface area contributed by atoms with Gasteiger partial charge in [-0.25, -0.2) is 4.98 Å². The summed E-state index contributed by atoms with van der Waals surface area (Å²) in [5, 5.41) is 7.76. The Kier molecular flexibility index (Phi) is 5.59. The minimum Gasteiger partial charge on any atom is -0.318 e. The van der Waals surface area contributed by atoms with Crippen LogP contribution >= 0.6 is 11.8 Å². The number of carbonyl (C=O) groups excluding carboxylic acids is 1. The molecular formula is C24H24N4OS. The van der Waals surface area contributed by atoms with E-state index in [1.807, 2.05) is 50.2 Å². The molecule has 0 saturated carbocycles. The third kappa shape index (κ3) is 3.96. The molecule has 6 heteroatoms. The number of benzene rings is 2. The van der Waals surface area contributed by atoms with E-state index in [9.17, 15) is 4.79 Å². The van der Waals surface area contributed by atoms with E-state index < -0.39 is 0 Å². The highest BCUT2D eigenvalue weighted by Gasteiger charge is 2.18. The number of thioether (sulfide) groups is 1. The molecule has 2 aromatic heterocycles. The summed E-state index contributed by atoms with van der Waals surface area (Å²) >= 11 is 1.35. The maximum absolute atomic E-state index is 12.9. The number of rotatable bonds is 6. The number of hydrogen-bond donors (Lipinski definition) is 1. The molecule has 0 saturated heterocycles. The van der Waals surface area contributed by atoms with E-state index in [0.717, 1.165) is 28.2 Å². The van der Waals surface area contributed by atoms with E-state index in [4.69, 9.17) is 0 Å². The van der Waals surface area contributed by atoms with Gasteiger partial charge in [-0.05, 0) is 57.0 Å². The smallest absolute Gasteiger partial charge is 0.209 e. The van der Waals surface area contributed by atoms with E-state index in [-0.39, 0.29) is 5.78 Å². The maximum Gasteiger partial charge on any atom is 0.209 e. The van der Waals surface area contributed by atoms with Gasteiger partial charge in [-0.2, -0.15) is 0 Å². The quantitative estimate of drug-likeness (QED) is 0.334. The summed E-state index contributed by atoms with van der Waals surface area (Å²) in [7, 11) is 0. The number of nitrogens with one attached hydrogen (secondary N) is 1. The van der Waals surface area contributed by atoms with Crippen molar-refractivity contribution in [3.05, 3.63) is 82.7 Å². The topological polar surface area (TPSA) is 63.6 Å². The molecule has 4 aromatic rings. The monoisotopic (exact) mass is 416 g/mol. The van der Waals surface area contributed by atoms with Crippen LogP contribution in [0.4, 0.5) is 0 Å². The SMILES string of the molecule is Cc1ccc(-n2c(C)cc(C(=O)CSc3n[nH]c(-c4ccccc4)n3)c2C)cc1C. The lowest BCUT2D eigenvalue weighted by atomic mass is 10.1. The highest BCUT2D eigenvalue weighted by Crippen LogP contribution is 2.25. The van der Waals surface area contributed by atoms with Crippen molar-refractivity contribution in [1.29, 1.82) is 0 Å². The lowest BCUT2D eigenvalue weighted by Gasteiger charge is -2.12. The van der Waals surface area contributed by atoms with Crippen LogP contribution in [0.15, 0.2) is 59.8 Å². The van der Waals surface area contributed by atoms with Crippen LogP contribution in [0.25, 0.3) is 17.1 Å². The minimum absolute atomic E-state index is 0.0780. The summed E-state index contributed by atoms with van der Waals surface area (Å²) < 4.78 is 2.14. The Hall–Kier alpha value is -3.12. The lowest BCUT2D eigenvalue weighted by Crippen LogP contribution is -2.06. The Morgan fingerprint density at radius 3 is 2.50 bits per heavy atom. The molecule has 4 rings (SSSR count). The molecule has 5 nitrogen and oxygen atoms in total. The average Bonchev–Trinajstić information content (AvgIpc) is 3.33. The molecule has 0 unspecified atom stereocenters. The fourth-order valence-corrected chi connectivity index (χ4v) is 4.23. The van der Waals surface area contributed by atoms with Crippen LogP contribution in [-0.4, -0.2) is 31.3 Å². The van der Waals surface area contributed by atoms with Crippen molar-refractivity contribution in [3.63, 3.8) is 0 Å². The third-order valence-corrected chi connectivity index (χ3v) is 6.17. The zero-order valence-electron chi connectivity index (χ0n) is 17.6. The van der Waals surface area contributed by atoms with E-state index in [1.54, 1.807) is 0 Å². The van der Waals surface area contributed by atoms with Gasteiger partial charge in [0.25, 0.3) is 0 Å². The van der Waals surface area contributed by atoms with E-state index >= 15 is 0 Å². The van der Waals surface area contributed by atoms with Crippen LogP contribution in [0.1, 0.15) is 32.9 Å². The molecule has 0 aliphatic rings. The molecule has 0 spiro atoms. The zero-order chi connectivity index (χ0) is 21.3. The highest BCUT2D eigenvalue weighted by molar-refractivity contribution is 7.99. The summed E-state index contributed by atoms with van der Waals surface area (Å²) in [6, 6.07) is 18.2. The standard InChI is InChI=1S/C24H24N4OS/c1-15-10-11-20(12-16(15)2)28-17(3)13-21(18(28)4)22(29)14-30-24-25-23(26-27-24)19-8-6-5-7-9-19/h5-13H,14H2,1-4H3,(H,25,26,27). The van der Waals surface area contributed by atoms with Crippen molar-refractivity contribution in [2.75, 3.05) is 5.75 Å². The van der Waals surface area contributed by atoms with Gasteiger partial charge >= 0.3 is 0 Å². The average molecular weight is 417 g/mol. The lowest BCUT2D eigenvalue weighted by molar-refractivity contribution is 0.102. The second-order valence-electron chi connectivity index (χ2n) is 7.43. The summed E-state index contributed by atoms with van der Waals surface area (Å²) in [6.07, 6.45) is 0. The molecular weight excluding hydrogens is 392 g/mol. The Bertz CT molecular complexity index is 1210. The van der Waals surface area contributed by atoms with Crippen molar-refractivity contribution >= 4 is 17.5 Å².